The molecule has 3 heteroatoms. The van der Waals surface area contributed by atoms with E-state index in [4.69, 9.17) is 0 Å². The fourth-order valence-corrected chi connectivity index (χ4v) is 9.10. The highest BCUT2D eigenvalue weighted by atomic mass is 32.1. The van der Waals surface area contributed by atoms with Gasteiger partial charge in [0.2, 0.25) is 0 Å². The summed E-state index contributed by atoms with van der Waals surface area (Å²) in [5.74, 6) is 0. The predicted molar refractivity (Wildman–Crippen MR) is 211 cm³/mol. The van der Waals surface area contributed by atoms with Crippen LogP contribution in [0.1, 0.15) is 6.42 Å². The fraction of sp³-hybridized carbons (Fsp3) is 0.0435. The third-order valence-corrected chi connectivity index (χ3v) is 11.2. The third-order valence-electron chi connectivity index (χ3n) is 10.1. The molecule has 0 fully saturated rings. The van der Waals surface area contributed by atoms with Crippen LogP contribution in [0, 0.1) is 0 Å². The summed E-state index contributed by atoms with van der Waals surface area (Å²) < 4.78 is 5.15. The molecule has 0 saturated carbocycles. The minimum Gasteiger partial charge on any atom is -0.334 e. The minimum atomic E-state index is 0.161. The highest BCUT2D eigenvalue weighted by molar-refractivity contribution is 7.17. The highest BCUT2D eigenvalue weighted by Gasteiger charge is 2.24. The highest BCUT2D eigenvalue weighted by Crippen LogP contribution is 2.40. The van der Waals surface area contributed by atoms with E-state index in [0.717, 1.165) is 12.1 Å². The smallest absolute Gasteiger partial charge is 0.0619 e. The van der Waals surface area contributed by atoms with Gasteiger partial charge in [0.25, 0.3) is 0 Å². The van der Waals surface area contributed by atoms with E-state index in [1.54, 1.807) is 0 Å². The summed E-state index contributed by atoms with van der Waals surface area (Å²) in [6, 6.07) is 59.9. The summed E-state index contributed by atoms with van der Waals surface area (Å²) in [5, 5.41) is 7.81. The monoisotopic (exact) mass is 644 g/mol. The van der Waals surface area contributed by atoms with Gasteiger partial charge in [0.05, 0.1) is 17.1 Å². The average Bonchev–Trinajstić information content (AvgIpc) is 3.72. The van der Waals surface area contributed by atoms with E-state index in [1.807, 2.05) is 11.3 Å². The molecule has 1 atom stereocenters. The van der Waals surface area contributed by atoms with Gasteiger partial charge in [-0.05, 0) is 76.5 Å². The van der Waals surface area contributed by atoms with Crippen LogP contribution in [0.4, 0.5) is 11.4 Å². The van der Waals surface area contributed by atoms with Crippen molar-refractivity contribution in [2.75, 3.05) is 4.90 Å². The largest absolute Gasteiger partial charge is 0.334 e. The van der Waals surface area contributed by atoms with E-state index in [2.05, 4.69) is 185 Å². The first-order valence-electron chi connectivity index (χ1n) is 17.0. The SMILES string of the molecule is C1=c2sc3ccccc3c2=CCC1N(c1ccc(-n2c3ccccc3c3ccc4ccccc4c32)cc1)c1ccccc1-c1ccccc1. The van der Waals surface area contributed by atoms with Crippen molar-refractivity contribution in [1.82, 2.24) is 4.57 Å². The molecule has 1 aliphatic rings. The first kappa shape index (κ1) is 28.1. The number of hydrogen-bond acceptors (Lipinski definition) is 2. The summed E-state index contributed by atoms with van der Waals surface area (Å²) in [6.45, 7) is 0. The Hall–Kier alpha value is -5.90. The fourth-order valence-electron chi connectivity index (χ4n) is 7.90. The van der Waals surface area contributed by atoms with Crippen molar-refractivity contribution in [3.05, 3.63) is 174 Å². The summed E-state index contributed by atoms with van der Waals surface area (Å²) in [6.07, 6.45) is 5.88. The lowest BCUT2D eigenvalue weighted by atomic mass is 9.98. The van der Waals surface area contributed by atoms with Gasteiger partial charge in [0, 0.05) is 48.0 Å². The molecule has 10 rings (SSSR count). The summed E-state index contributed by atoms with van der Waals surface area (Å²) in [7, 11) is 0. The number of thiophene rings is 1. The zero-order valence-electron chi connectivity index (χ0n) is 26.8. The van der Waals surface area contributed by atoms with Crippen LogP contribution in [-0.2, 0) is 0 Å². The van der Waals surface area contributed by atoms with Crippen molar-refractivity contribution in [2.45, 2.75) is 12.5 Å². The molecule has 0 amide bonds. The molecule has 2 heterocycles. The van der Waals surface area contributed by atoms with Crippen molar-refractivity contribution in [2.24, 2.45) is 0 Å². The Kier molecular flexibility index (Phi) is 6.53. The van der Waals surface area contributed by atoms with Crippen LogP contribution in [0.25, 0.3) is 71.6 Å². The lowest BCUT2D eigenvalue weighted by Gasteiger charge is -2.34. The molecular formula is C46H32N2S. The lowest BCUT2D eigenvalue weighted by molar-refractivity contribution is 0.840. The van der Waals surface area contributed by atoms with Gasteiger partial charge in [-0.1, -0.05) is 127 Å². The Labute approximate surface area is 288 Å². The molecular weight excluding hydrogens is 613 g/mol. The van der Waals surface area contributed by atoms with E-state index in [9.17, 15) is 0 Å². The number of fused-ring (bicyclic) bond motifs is 8. The molecule has 0 aliphatic heterocycles. The number of aromatic nitrogens is 1. The summed E-state index contributed by atoms with van der Waals surface area (Å²) >= 11 is 1.90. The van der Waals surface area contributed by atoms with Gasteiger partial charge in [0.15, 0.2) is 0 Å². The Morgan fingerprint density at radius 1 is 0.571 bits per heavy atom. The standard InChI is InChI=1S/C46H32N2S/c1-2-12-31(13-3-1)36-15-6-9-19-42(36)47(35-27-29-40-39-18-8-11-21-44(39)49-45(40)30-35)33-23-25-34(26-24-33)48-43-20-10-7-17-38(43)41-28-22-32-14-4-5-16-37(32)46(41)48/h1-26,28-30,35H,27H2. The van der Waals surface area contributed by atoms with Crippen LogP contribution in [0.2, 0.25) is 0 Å². The minimum absolute atomic E-state index is 0.161. The van der Waals surface area contributed by atoms with Crippen molar-refractivity contribution in [1.29, 1.82) is 0 Å². The van der Waals surface area contributed by atoms with E-state index in [-0.39, 0.29) is 6.04 Å². The molecule has 9 aromatic rings. The molecule has 232 valence electrons. The predicted octanol–water partition coefficient (Wildman–Crippen LogP) is 11.0. The third kappa shape index (κ3) is 4.54. The van der Waals surface area contributed by atoms with Gasteiger partial charge in [-0.25, -0.2) is 0 Å². The Morgan fingerprint density at radius 2 is 1.29 bits per heavy atom. The second-order valence-corrected chi connectivity index (χ2v) is 13.9. The zero-order chi connectivity index (χ0) is 32.3. The molecule has 0 radical (unpaired) electrons. The van der Waals surface area contributed by atoms with Crippen LogP contribution in [0.3, 0.4) is 0 Å². The quantitative estimate of drug-likeness (QED) is 0.181. The van der Waals surface area contributed by atoms with Crippen LogP contribution in [0.15, 0.2) is 164 Å². The topological polar surface area (TPSA) is 8.17 Å². The van der Waals surface area contributed by atoms with Crippen LogP contribution in [0.5, 0.6) is 0 Å². The molecule has 0 bridgehead atoms. The van der Waals surface area contributed by atoms with Crippen molar-refractivity contribution in [3.8, 4) is 16.8 Å². The van der Waals surface area contributed by atoms with E-state index in [1.165, 1.54) is 74.9 Å². The van der Waals surface area contributed by atoms with Crippen molar-refractivity contribution in [3.63, 3.8) is 0 Å². The maximum absolute atomic E-state index is 2.55. The molecule has 0 saturated heterocycles. The van der Waals surface area contributed by atoms with Crippen molar-refractivity contribution < 1.29 is 0 Å². The first-order chi connectivity index (χ1) is 24.3. The van der Waals surface area contributed by atoms with Gasteiger partial charge >= 0.3 is 0 Å². The van der Waals surface area contributed by atoms with Gasteiger partial charge in [-0.15, -0.1) is 11.3 Å². The zero-order valence-corrected chi connectivity index (χ0v) is 27.6. The Balaban J connectivity index is 1.17. The number of anilines is 2. The van der Waals surface area contributed by atoms with Crippen LogP contribution < -0.4 is 14.7 Å². The summed E-state index contributed by atoms with van der Waals surface area (Å²) in [5.41, 5.74) is 8.48. The molecule has 49 heavy (non-hydrogen) atoms. The molecule has 0 N–H and O–H groups in total. The van der Waals surface area contributed by atoms with Gasteiger partial charge < -0.3 is 9.47 Å². The molecule has 0 spiro atoms. The number of para-hydroxylation sites is 2. The second-order valence-electron chi connectivity index (χ2n) is 12.9. The van der Waals surface area contributed by atoms with E-state index >= 15 is 0 Å². The second kappa shape index (κ2) is 11.4. The Bertz CT molecular complexity index is 2810. The first-order valence-corrected chi connectivity index (χ1v) is 17.8. The number of nitrogens with zero attached hydrogens (tertiary/aromatic N) is 2. The normalized spacial score (nSPS) is 14.2. The molecule has 2 aromatic heterocycles. The maximum Gasteiger partial charge on any atom is 0.0619 e. The van der Waals surface area contributed by atoms with Crippen LogP contribution in [-0.4, -0.2) is 10.6 Å². The van der Waals surface area contributed by atoms with Gasteiger partial charge in [0.1, 0.15) is 0 Å². The molecule has 1 unspecified atom stereocenters. The number of hydrogen-bond donors (Lipinski definition) is 0. The lowest BCUT2D eigenvalue weighted by Crippen LogP contribution is -2.36. The molecule has 1 aliphatic carbocycles. The van der Waals surface area contributed by atoms with E-state index in [0.29, 0.717) is 0 Å². The van der Waals surface area contributed by atoms with E-state index < -0.39 is 0 Å². The number of benzene rings is 7. The number of rotatable bonds is 5. The maximum atomic E-state index is 2.55. The summed E-state index contributed by atoms with van der Waals surface area (Å²) in [4.78, 5) is 2.55. The van der Waals surface area contributed by atoms with Crippen molar-refractivity contribution >= 4 is 77.5 Å². The Morgan fingerprint density at radius 3 is 2.16 bits per heavy atom. The molecule has 7 aromatic carbocycles. The van der Waals surface area contributed by atoms with Gasteiger partial charge in [-0.3, -0.25) is 0 Å². The average molecular weight is 645 g/mol. The van der Waals surface area contributed by atoms with Gasteiger partial charge in [-0.2, -0.15) is 0 Å². The van der Waals surface area contributed by atoms with Crippen LogP contribution >= 0.6 is 11.3 Å². The molecule has 2 nitrogen and oxygen atoms in total.